The quantitative estimate of drug-likeness (QED) is 0.688. The van der Waals surface area contributed by atoms with Gasteiger partial charge in [0.05, 0.1) is 12.1 Å². The van der Waals surface area contributed by atoms with Gasteiger partial charge in [0, 0.05) is 22.6 Å². The Labute approximate surface area is 152 Å². The van der Waals surface area contributed by atoms with E-state index in [-0.39, 0.29) is 18.7 Å². The lowest BCUT2D eigenvalue weighted by atomic mass is 10.0. The molecule has 0 bridgehead atoms. The summed E-state index contributed by atoms with van der Waals surface area (Å²) in [5.41, 5.74) is 1.81. The van der Waals surface area contributed by atoms with E-state index >= 15 is 0 Å². The molecule has 2 aromatic carbocycles. The molecular weight excluding hydrogens is 386 g/mol. The van der Waals surface area contributed by atoms with Crippen molar-refractivity contribution < 1.29 is 15.0 Å². The van der Waals surface area contributed by atoms with E-state index in [2.05, 4.69) is 15.9 Å². The number of aliphatic hydroxyl groups is 1. The third kappa shape index (κ3) is 3.65. The van der Waals surface area contributed by atoms with Gasteiger partial charge in [0.2, 0.25) is 5.43 Å². The van der Waals surface area contributed by atoms with Gasteiger partial charge in [-0.3, -0.25) is 4.79 Å². The zero-order valence-electron chi connectivity index (χ0n) is 13.3. The van der Waals surface area contributed by atoms with Crippen molar-refractivity contribution in [1.82, 2.24) is 4.57 Å². The first-order valence-electron chi connectivity index (χ1n) is 7.74. The molecule has 5 nitrogen and oxygen atoms in total. The number of aliphatic hydroxyl groups excluding tert-OH is 1. The number of nitrogens with zero attached hydrogens (tertiary/aromatic N) is 1. The van der Waals surface area contributed by atoms with Crippen LogP contribution < -0.4 is 5.43 Å². The predicted octanol–water partition coefficient (Wildman–Crippen LogP) is 3.05. The Morgan fingerprint density at radius 3 is 2.56 bits per heavy atom. The molecule has 0 saturated heterocycles. The summed E-state index contributed by atoms with van der Waals surface area (Å²) in [7, 11) is 0. The minimum Gasteiger partial charge on any atom is -0.477 e. The zero-order valence-corrected chi connectivity index (χ0v) is 14.9. The SMILES string of the molecule is O=C(O)c1cn(CCO)c2ccc(Cc3cccc(Br)c3)cc2c1=O. The van der Waals surface area contributed by atoms with Crippen LogP contribution in [0, 0.1) is 0 Å². The molecule has 25 heavy (non-hydrogen) atoms. The number of benzene rings is 2. The van der Waals surface area contributed by atoms with Gasteiger partial charge < -0.3 is 14.8 Å². The number of pyridine rings is 1. The second kappa shape index (κ2) is 7.21. The molecule has 6 heteroatoms. The number of fused-ring (bicyclic) bond motifs is 1. The van der Waals surface area contributed by atoms with Gasteiger partial charge in [0.25, 0.3) is 0 Å². The lowest BCUT2D eigenvalue weighted by Gasteiger charge is -2.12. The summed E-state index contributed by atoms with van der Waals surface area (Å²) in [5.74, 6) is -1.27. The minimum absolute atomic E-state index is 0.142. The van der Waals surface area contributed by atoms with E-state index in [9.17, 15) is 19.8 Å². The van der Waals surface area contributed by atoms with Crippen LogP contribution in [0.2, 0.25) is 0 Å². The molecule has 0 unspecified atom stereocenters. The fraction of sp³-hybridized carbons (Fsp3) is 0.158. The van der Waals surface area contributed by atoms with Crippen molar-refractivity contribution in [1.29, 1.82) is 0 Å². The summed E-state index contributed by atoms with van der Waals surface area (Å²) >= 11 is 3.44. The highest BCUT2D eigenvalue weighted by molar-refractivity contribution is 9.10. The Balaban J connectivity index is 2.13. The number of hydrogen-bond donors (Lipinski definition) is 2. The van der Waals surface area contributed by atoms with Gasteiger partial charge in [-0.05, 0) is 41.8 Å². The van der Waals surface area contributed by atoms with Crippen molar-refractivity contribution in [2.24, 2.45) is 0 Å². The number of hydrogen-bond acceptors (Lipinski definition) is 3. The first-order valence-corrected chi connectivity index (χ1v) is 8.53. The van der Waals surface area contributed by atoms with Crippen LogP contribution >= 0.6 is 15.9 Å². The number of carbonyl (C=O) groups is 1. The van der Waals surface area contributed by atoms with E-state index in [1.165, 1.54) is 6.20 Å². The molecule has 0 aliphatic heterocycles. The third-order valence-corrected chi connectivity index (χ3v) is 4.51. The van der Waals surface area contributed by atoms with Gasteiger partial charge in [-0.25, -0.2) is 4.79 Å². The molecule has 1 aromatic heterocycles. The first kappa shape index (κ1) is 17.4. The summed E-state index contributed by atoms with van der Waals surface area (Å²) in [6.45, 7) is 0.0822. The van der Waals surface area contributed by atoms with Crippen LogP contribution in [0.1, 0.15) is 21.5 Å². The third-order valence-electron chi connectivity index (χ3n) is 4.01. The average Bonchev–Trinajstić information content (AvgIpc) is 2.57. The fourth-order valence-electron chi connectivity index (χ4n) is 2.88. The Kier molecular flexibility index (Phi) is 5.01. The number of carboxylic acids is 1. The topological polar surface area (TPSA) is 79.5 Å². The van der Waals surface area contributed by atoms with E-state index in [1.807, 2.05) is 30.3 Å². The van der Waals surface area contributed by atoms with Crippen molar-refractivity contribution in [3.63, 3.8) is 0 Å². The standard InChI is InChI=1S/C19H16BrNO4/c20-14-3-1-2-12(9-14)8-13-4-5-17-15(10-13)18(23)16(19(24)25)11-21(17)6-7-22/h1-5,9-11,22H,6-8H2,(H,24,25). The van der Waals surface area contributed by atoms with Gasteiger partial charge in [-0.15, -0.1) is 0 Å². The fourth-order valence-corrected chi connectivity index (χ4v) is 3.33. The van der Waals surface area contributed by atoms with E-state index in [4.69, 9.17) is 0 Å². The summed E-state index contributed by atoms with van der Waals surface area (Å²) in [6.07, 6.45) is 1.92. The second-order valence-corrected chi connectivity index (χ2v) is 6.67. The van der Waals surface area contributed by atoms with Gasteiger partial charge >= 0.3 is 5.97 Å². The predicted molar refractivity (Wildman–Crippen MR) is 99.2 cm³/mol. The Morgan fingerprint density at radius 2 is 1.88 bits per heavy atom. The molecule has 0 spiro atoms. The maximum Gasteiger partial charge on any atom is 0.341 e. The Bertz CT molecular complexity index is 1010. The second-order valence-electron chi connectivity index (χ2n) is 5.75. The van der Waals surface area contributed by atoms with Crippen molar-refractivity contribution in [2.45, 2.75) is 13.0 Å². The molecule has 0 saturated carbocycles. The molecule has 0 radical (unpaired) electrons. The Hall–Kier alpha value is -2.44. The molecule has 3 aromatic rings. The van der Waals surface area contributed by atoms with E-state index < -0.39 is 11.4 Å². The largest absolute Gasteiger partial charge is 0.477 e. The van der Waals surface area contributed by atoms with E-state index in [0.717, 1.165) is 15.6 Å². The van der Waals surface area contributed by atoms with Crippen LogP contribution in [0.15, 0.2) is 57.9 Å². The first-order chi connectivity index (χ1) is 12.0. The maximum atomic E-state index is 12.5. The van der Waals surface area contributed by atoms with Crippen molar-refractivity contribution >= 4 is 32.8 Å². The van der Waals surface area contributed by atoms with Crippen LogP contribution in [-0.4, -0.2) is 27.4 Å². The van der Waals surface area contributed by atoms with Crippen LogP contribution in [0.25, 0.3) is 10.9 Å². The molecule has 3 rings (SSSR count). The molecule has 0 amide bonds. The van der Waals surface area contributed by atoms with Crippen LogP contribution in [-0.2, 0) is 13.0 Å². The van der Waals surface area contributed by atoms with Gasteiger partial charge in [0.1, 0.15) is 5.56 Å². The molecule has 128 valence electrons. The van der Waals surface area contributed by atoms with Crippen LogP contribution in [0.5, 0.6) is 0 Å². The molecule has 0 fully saturated rings. The number of aromatic carboxylic acids is 1. The number of halogens is 1. The Morgan fingerprint density at radius 1 is 1.12 bits per heavy atom. The summed E-state index contributed by atoms with van der Waals surface area (Å²) in [4.78, 5) is 23.9. The van der Waals surface area contributed by atoms with Gasteiger partial charge in [-0.2, -0.15) is 0 Å². The smallest absolute Gasteiger partial charge is 0.341 e. The lowest BCUT2D eigenvalue weighted by Crippen LogP contribution is -2.19. The number of aromatic nitrogens is 1. The lowest BCUT2D eigenvalue weighted by molar-refractivity contribution is 0.0694. The monoisotopic (exact) mass is 401 g/mol. The van der Waals surface area contributed by atoms with Crippen molar-refractivity contribution in [3.05, 3.63) is 80.0 Å². The summed E-state index contributed by atoms with van der Waals surface area (Å²) in [6, 6.07) is 13.3. The molecular formula is C19H16BrNO4. The zero-order chi connectivity index (χ0) is 18.0. The highest BCUT2D eigenvalue weighted by Gasteiger charge is 2.15. The highest BCUT2D eigenvalue weighted by Crippen LogP contribution is 2.19. The average molecular weight is 402 g/mol. The molecule has 2 N–H and O–H groups in total. The van der Waals surface area contributed by atoms with Crippen LogP contribution in [0.3, 0.4) is 0 Å². The number of carboxylic acid groups (broad SMARTS) is 1. The van der Waals surface area contributed by atoms with Crippen molar-refractivity contribution in [2.75, 3.05) is 6.61 Å². The molecule has 0 aliphatic carbocycles. The summed E-state index contributed by atoms with van der Waals surface area (Å²) in [5, 5.41) is 18.8. The maximum absolute atomic E-state index is 12.5. The van der Waals surface area contributed by atoms with E-state index in [1.54, 1.807) is 16.7 Å². The van der Waals surface area contributed by atoms with Gasteiger partial charge in [0.15, 0.2) is 0 Å². The van der Waals surface area contributed by atoms with Crippen LogP contribution in [0.4, 0.5) is 0 Å². The summed E-state index contributed by atoms with van der Waals surface area (Å²) < 4.78 is 2.58. The highest BCUT2D eigenvalue weighted by atomic mass is 79.9. The van der Waals surface area contributed by atoms with Gasteiger partial charge in [-0.1, -0.05) is 34.1 Å². The number of rotatable bonds is 5. The molecule has 1 heterocycles. The minimum atomic E-state index is -1.27. The van der Waals surface area contributed by atoms with Crippen molar-refractivity contribution in [3.8, 4) is 0 Å². The molecule has 0 atom stereocenters. The van der Waals surface area contributed by atoms with E-state index in [0.29, 0.717) is 17.3 Å². The molecule has 0 aliphatic rings. The normalized spacial score (nSPS) is 11.0.